The van der Waals surface area contributed by atoms with Gasteiger partial charge in [0.15, 0.2) is 0 Å². The molecule has 1 aromatic rings. The highest BCUT2D eigenvalue weighted by Crippen LogP contribution is 2.19. The lowest BCUT2D eigenvalue weighted by atomic mass is 9.95. The monoisotopic (exact) mass is 217 g/mol. The average Bonchev–Trinajstić information content (AvgIpc) is 2.29. The van der Waals surface area contributed by atoms with Crippen LogP contribution >= 0.6 is 0 Å². The fourth-order valence-corrected chi connectivity index (χ4v) is 2.00. The minimum Gasteiger partial charge on any atom is -0.481 e. The summed E-state index contributed by atoms with van der Waals surface area (Å²) in [4.78, 5) is 10.4. The average molecular weight is 217 g/mol. The van der Waals surface area contributed by atoms with E-state index in [2.05, 4.69) is 11.4 Å². The summed E-state index contributed by atoms with van der Waals surface area (Å²) in [6.45, 7) is 1.91. The maximum absolute atomic E-state index is 10.4. The van der Waals surface area contributed by atoms with Crippen molar-refractivity contribution in [3.63, 3.8) is 0 Å². The van der Waals surface area contributed by atoms with Crippen LogP contribution in [-0.4, -0.2) is 17.6 Å². The molecular weight excluding hydrogens is 202 g/mol. The van der Waals surface area contributed by atoms with Crippen LogP contribution in [0.2, 0.25) is 0 Å². The number of benzene rings is 1. The smallest absolute Gasteiger partial charge is 0.307 e. The lowest BCUT2D eigenvalue weighted by molar-refractivity contribution is -0.135. The van der Waals surface area contributed by atoms with Crippen molar-refractivity contribution in [1.29, 1.82) is 0 Å². The van der Waals surface area contributed by atoms with Gasteiger partial charge in [0, 0.05) is 6.54 Å². The zero-order chi connectivity index (χ0) is 11.4. The van der Waals surface area contributed by atoms with Crippen LogP contribution in [0.4, 0.5) is 0 Å². The van der Waals surface area contributed by atoms with E-state index in [4.69, 9.17) is 5.11 Å². The maximum atomic E-state index is 10.4. The minimum atomic E-state index is -0.789. The number of carboxylic acids is 1. The van der Waals surface area contributed by atoms with Gasteiger partial charge in [0.25, 0.3) is 0 Å². The Hall–Kier alpha value is -1.61. The van der Waals surface area contributed by atoms with Crippen molar-refractivity contribution in [2.24, 2.45) is 0 Å². The molecule has 1 aromatic carbocycles. The van der Waals surface area contributed by atoms with Gasteiger partial charge in [-0.05, 0) is 29.7 Å². The number of hydrogen-bond acceptors (Lipinski definition) is 2. The van der Waals surface area contributed by atoms with E-state index in [1.165, 1.54) is 11.1 Å². The number of fused-ring (bicyclic) bond motifs is 1. The molecule has 0 aromatic heterocycles. The maximum Gasteiger partial charge on any atom is 0.307 e. The third-order valence-corrected chi connectivity index (χ3v) is 2.77. The largest absolute Gasteiger partial charge is 0.481 e. The molecule has 1 aliphatic rings. The minimum absolute atomic E-state index is 0.0852. The first kappa shape index (κ1) is 10.9. The second kappa shape index (κ2) is 4.94. The summed E-state index contributed by atoms with van der Waals surface area (Å²) in [5, 5.41) is 11.9. The molecule has 0 bridgehead atoms. The van der Waals surface area contributed by atoms with Gasteiger partial charge in [-0.1, -0.05) is 30.4 Å². The quantitative estimate of drug-likeness (QED) is 0.812. The van der Waals surface area contributed by atoms with E-state index in [0.29, 0.717) is 0 Å². The molecule has 0 saturated heterocycles. The zero-order valence-electron chi connectivity index (χ0n) is 9.07. The first-order valence-electron chi connectivity index (χ1n) is 5.47. The van der Waals surface area contributed by atoms with Crippen molar-refractivity contribution in [1.82, 2.24) is 5.32 Å². The van der Waals surface area contributed by atoms with E-state index in [9.17, 15) is 4.79 Å². The summed E-state index contributed by atoms with van der Waals surface area (Å²) in [6.07, 6.45) is 4.73. The van der Waals surface area contributed by atoms with E-state index >= 15 is 0 Å². The van der Waals surface area contributed by atoms with Gasteiger partial charge in [-0.25, -0.2) is 0 Å². The van der Waals surface area contributed by atoms with Crippen LogP contribution in [-0.2, 0) is 17.8 Å². The first-order chi connectivity index (χ1) is 7.77. The molecular formula is C13H15NO2. The van der Waals surface area contributed by atoms with Gasteiger partial charge < -0.3 is 10.4 Å². The van der Waals surface area contributed by atoms with Crippen molar-refractivity contribution in [2.45, 2.75) is 19.4 Å². The molecule has 0 unspecified atom stereocenters. The number of carbonyl (C=O) groups is 1. The van der Waals surface area contributed by atoms with Crippen molar-refractivity contribution >= 4 is 12.0 Å². The molecule has 16 heavy (non-hydrogen) atoms. The summed E-state index contributed by atoms with van der Waals surface area (Å²) in [7, 11) is 0. The van der Waals surface area contributed by atoms with Gasteiger partial charge in [0.2, 0.25) is 0 Å². The fourth-order valence-electron chi connectivity index (χ4n) is 2.00. The Morgan fingerprint density at radius 2 is 2.38 bits per heavy atom. The lowest BCUT2D eigenvalue weighted by Crippen LogP contribution is -2.24. The second-order valence-electron chi connectivity index (χ2n) is 3.91. The van der Waals surface area contributed by atoms with Crippen molar-refractivity contribution in [3.05, 3.63) is 41.0 Å². The van der Waals surface area contributed by atoms with Gasteiger partial charge in [-0.15, -0.1) is 0 Å². The van der Waals surface area contributed by atoms with Gasteiger partial charge in [-0.3, -0.25) is 4.79 Å². The Morgan fingerprint density at radius 1 is 1.50 bits per heavy atom. The third kappa shape index (κ3) is 2.49. The van der Waals surface area contributed by atoms with Crippen LogP contribution in [0.3, 0.4) is 0 Å². The van der Waals surface area contributed by atoms with Crippen LogP contribution < -0.4 is 5.32 Å². The number of nitrogens with one attached hydrogen (secondary N) is 1. The van der Waals surface area contributed by atoms with Crippen molar-refractivity contribution < 1.29 is 9.90 Å². The van der Waals surface area contributed by atoms with Crippen molar-refractivity contribution in [2.75, 3.05) is 6.54 Å². The number of rotatable bonds is 3. The molecule has 0 aliphatic carbocycles. The lowest BCUT2D eigenvalue weighted by Gasteiger charge is -2.18. The van der Waals surface area contributed by atoms with E-state index in [1.807, 2.05) is 18.2 Å². The number of carboxylic acid groups (broad SMARTS) is 1. The molecule has 0 spiro atoms. The predicted molar refractivity (Wildman–Crippen MR) is 63.1 cm³/mol. The molecule has 0 atom stereocenters. The molecule has 0 saturated carbocycles. The van der Waals surface area contributed by atoms with E-state index < -0.39 is 5.97 Å². The number of aliphatic carboxylic acids is 1. The normalized spacial score (nSPS) is 15.0. The number of hydrogen-bond donors (Lipinski definition) is 2. The zero-order valence-corrected chi connectivity index (χ0v) is 9.07. The van der Waals surface area contributed by atoms with Crippen LogP contribution in [0, 0.1) is 0 Å². The van der Waals surface area contributed by atoms with Gasteiger partial charge in [0.05, 0.1) is 6.42 Å². The standard InChI is InChI=1S/C13H15NO2/c15-13(16)6-2-4-10-3-1-5-11-9-14-8-7-12(10)11/h1-5,14H,6-9H2,(H,15,16). The molecule has 1 heterocycles. The van der Waals surface area contributed by atoms with E-state index in [-0.39, 0.29) is 6.42 Å². The van der Waals surface area contributed by atoms with Crippen LogP contribution in [0.25, 0.3) is 6.08 Å². The fraction of sp³-hybridized carbons (Fsp3) is 0.308. The van der Waals surface area contributed by atoms with Gasteiger partial charge >= 0.3 is 5.97 Å². The SMILES string of the molecule is O=C(O)CC=Cc1cccc2c1CCNC2. The van der Waals surface area contributed by atoms with Gasteiger partial charge in [-0.2, -0.15) is 0 Å². The third-order valence-electron chi connectivity index (χ3n) is 2.77. The van der Waals surface area contributed by atoms with E-state index in [1.54, 1.807) is 6.08 Å². The molecule has 1 aliphatic heterocycles. The molecule has 2 rings (SSSR count). The Balaban J connectivity index is 2.20. The molecule has 84 valence electrons. The Kier molecular flexibility index (Phi) is 3.37. The first-order valence-corrected chi connectivity index (χ1v) is 5.47. The Labute approximate surface area is 94.8 Å². The Morgan fingerprint density at radius 3 is 3.19 bits per heavy atom. The topological polar surface area (TPSA) is 49.3 Å². The molecule has 0 amide bonds. The van der Waals surface area contributed by atoms with Gasteiger partial charge in [0.1, 0.15) is 0 Å². The summed E-state index contributed by atoms with van der Waals surface area (Å²) in [5.41, 5.74) is 3.83. The molecule has 0 radical (unpaired) electrons. The van der Waals surface area contributed by atoms with Crippen LogP contribution in [0.15, 0.2) is 24.3 Å². The summed E-state index contributed by atoms with van der Waals surface area (Å²) >= 11 is 0. The highest BCUT2D eigenvalue weighted by molar-refractivity contribution is 5.70. The molecule has 0 fully saturated rings. The molecule has 3 nitrogen and oxygen atoms in total. The highest BCUT2D eigenvalue weighted by atomic mass is 16.4. The Bertz CT molecular complexity index is 424. The molecule has 3 heteroatoms. The van der Waals surface area contributed by atoms with Crippen molar-refractivity contribution in [3.8, 4) is 0 Å². The van der Waals surface area contributed by atoms with E-state index in [0.717, 1.165) is 25.1 Å². The summed E-state index contributed by atoms with van der Waals surface area (Å²) in [5.74, 6) is -0.789. The second-order valence-corrected chi connectivity index (χ2v) is 3.91. The van der Waals surface area contributed by atoms with Crippen LogP contribution in [0.1, 0.15) is 23.1 Å². The highest BCUT2D eigenvalue weighted by Gasteiger charge is 2.10. The predicted octanol–water partition coefficient (Wildman–Crippen LogP) is 1.82. The summed E-state index contributed by atoms with van der Waals surface area (Å²) < 4.78 is 0. The van der Waals surface area contributed by atoms with Crippen LogP contribution in [0.5, 0.6) is 0 Å². The summed E-state index contributed by atoms with van der Waals surface area (Å²) in [6, 6.07) is 6.19. The molecule has 2 N–H and O–H groups in total.